The van der Waals surface area contributed by atoms with Gasteiger partial charge in [0.2, 0.25) is 5.91 Å². The first kappa shape index (κ1) is 27.9. The minimum Gasteiger partial charge on any atom is -0.481 e. The Labute approximate surface area is 232 Å². The lowest BCUT2D eigenvalue weighted by Gasteiger charge is -2.33. The lowest BCUT2D eigenvalue weighted by atomic mass is 9.94. The standard InChI is InChI=1S/C30H31Cl2FN2O3/c31-23-16-15-22(25(32)18-23)19-35(29(36)20-38-28-14-8-7-13-26(28)33)27(17-21-9-3-1-4-10-21)30(37)34-24-11-5-2-6-12-24/h1,3-4,7-10,13-16,18,24,27H,2,5-6,11-12,17,19-20H2,(H,34,37)/t27-/m1/s1. The summed E-state index contributed by atoms with van der Waals surface area (Å²) < 4.78 is 19.7. The summed E-state index contributed by atoms with van der Waals surface area (Å²) in [5.41, 5.74) is 1.55. The van der Waals surface area contributed by atoms with Crippen molar-refractivity contribution in [1.82, 2.24) is 10.2 Å². The maximum atomic E-state index is 14.2. The smallest absolute Gasteiger partial charge is 0.261 e. The van der Waals surface area contributed by atoms with Gasteiger partial charge < -0.3 is 15.0 Å². The van der Waals surface area contributed by atoms with Gasteiger partial charge in [-0.2, -0.15) is 0 Å². The number of hydrogen-bond donors (Lipinski definition) is 1. The first-order valence-corrected chi connectivity index (χ1v) is 13.6. The number of nitrogens with one attached hydrogen (secondary N) is 1. The summed E-state index contributed by atoms with van der Waals surface area (Å²) in [6.45, 7) is -0.376. The van der Waals surface area contributed by atoms with Gasteiger partial charge in [0.1, 0.15) is 6.04 Å². The Morgan fingerprint density at radius 2 is 1.68 bits per heavy atom. The van der Waals surface area contributed by atoms with Crippen molar-refractivity contribution in [3.8, 4) is 5.75 Å². The van der Waals surface area contributed by atoms with E-state index in [0.717, 1.165) is 37.7 Å². The van der Waals surface area contributed by atoms with Gasteiger partial charge in [0, 0.05) is 29.1 Å². The summed E-state index contributed by atoms with van der Waals surface area (Å²) in [6, 6.07) is 19.7. The molecule has 0 unspecified atom stereocenters. The summed E-state index contributed by atoms with van der Waals surface area (Å²) >= 11 is 12.6. The molecule has 1 saturated carbocycles. The highest BCUT2D eigenvalue weighted by Crippen LogP contribution is 2.25. The Hall–Kier alpha value is -3.09. The number of halogens is 3. The Morgan fingerprint density at radius 1 is 0.974 bits per heavy atom. The van der Waals surface area contributed by atoms with Gasteiger partial charge in [-0.15, -0.1) is 0 Å². The molecule has 38 heavy (non-hydrogen) atoms. The Kier molecular flexibility index (Phi) is 10.0. The average Bonchev–Trinajstić information content (AvgIpc) is 2.92. The van der Waals surface area contributed by atoms with Crippen molar-refractivity contribution >= 4 is 35.0 Å². The molecule has 1 N–H and O–H groups in total. The van der Waals surface area contributed by atoms with E-state index in [2.05, 4.69) is 5.32 Å². The number of para-hydroxylation sites is 1. The van der Waals surface area contributed by atoms with E-state index in [1.807, 2.05) is 30.3 Å². The number of nitrogens with zero attached hydrogens (tertiary/aromatic N) is 1. The number of amides is 2. The van der Waals surface area contributed by atoms with Gasteiger partial charge in [-0.05, 0) is 48.2 Å². The quantitative estimate of drug-likeness (QED) is 0.306. The Morgan fingerprint density at radius 3 is 2.39 bits per heavy atom. The van der Waals surface area contributed by atoms with Crippen LogP contribution in [0.15, 0.2) is 72.8 Å². The number of ether oxygens (including phenoxy) is 1. The molecule has 3 aromatic carbocycles. The molecule has 2 amide bonds. The molecule has 0 radical (unpaired) electrons. The van der Waals surface area contributed by atoms with E-state index in [4.69, 9.17) is 27.9 Å². The molecular weight excluding hydrogens is 526 g/mol. The second kappa shape index (κ2) is 13.6. The van der Waals surface area contributed by atoms with E-state index in [1.54, 1.807) is 30.3 Å². The van der Waals surface area contributed by atoms with Crippen molar-refractivity contribution in [2.24, 2.45) is 0 Å². The maximum absolute atomic E-state index is 14.2. The molecule has 1 aliphatic rings. The van der Waals surface area contributed by atoms with E-state index < -0.39 is 24.4 Å². The Bertz CT molecular complexity index is 1240. The fourth-order valence-corrected chi connectivity index (χ4v) is 5.18. The average molecular weight is 557 g/mol. The van der Waals surface area contributed by atoms with E-state index >= 15 is 0 Å². The zero-order valence-electron chi connectivity index (χ0n) is 21.0. The van der Waals surface area contributed by atoms with Crippen LogP contribution in [0.1, 0.15) is 43.2 Å². The normalized spacial score (nSPS) is 14.5. The van der Waals surface area contributed by atoms with Crippen LogP contribution in [-0.4, -0.2) is 35.4 Å². The minimum atomic E-state index is -0.831. The highest BCUT2D eigenvalue weighted by Gasteiger charge is 2.32. The highest BCUT2D eigenvalue weighted by atomic mass is 35.5. The molecule has 0 heterocycles. The number of carbonyl (C=O) groups excluding carboxylic acids is 2. The Balaban J connectivity index is 1.64. The molecule has 0 spiro atoms. The number of rotatable bonds is 10. The SMILES string of the molecule is O=C(NC1CCCCC1)[C@@H](Cc1ccccc1)N(Cc1ccc(Cl)cc1Cl)C(=O)COc1ccccc1F. The van der Waals surface area contributed by atoms with Crippen LogP contribution in [0, 0.1) is 5.82 Å². The third kappa shape index (κ3) is 7.71. The van der Waals surface area contributed by atoms with Gasteiger partial charge in [0.15, 0.2) is 18.2 Å². The van der Waals surface area contributed by atoms with Crippen LogP contribution in [0.25, 0.3) is 0 Å². The van der Waals surface area contributed by atoms with Crippen LogP contribution < -0.4 is 10.1 Å². The summed E-state index contributed by atoms with van der Waals surface area (Å²) in [4.78, 5) is 28.9. The molecule has 0 aromatic heterocycles. The van der Waals surface area contributed by atoms with Crippen LogP contribution in [0.5, 0.6) is 5.75 Å². The molecule has 0 aliphatic heterocycles. The molecule has 4 rings (SSSR count). The number of hydrogen-bond acceptors (Lipinski definition) is 3. The molecule has 8 heteroatoms. The van der Waals surface area contributed by atoms with Gasteiger partial charge >= 0.3 is 0 Å². The molecule has 1 atom stereocenters. The molecule has 0 bridgehead atoms. The van der Waals surface area contributed by atoms with Crippen molar-refractivity contribution in [3.05, 3.63) is 99.8 Å². The first-order valence-electron chi connectivity index (χ1n) is 12.9. The number of benzene rings is 3. The molecule has 200 valence electrons. The molecule has 1 aliphatic carbocycles. The molecular formula is C30H31Cl2FN2O3. The van der Waals surface area contributed by atoms with Crippen molar-refractivity contribution in [2.75, 3.05) is 6.61 Å². The summed E-state index contributed by atoms with van der Waals surface area (Å²) in [7, 11) is 0. The topological polar surface area (TPSA) is 58.6 Å². The predicted octanol–water partition coefficient (Wildman–Crippen LogP) is 6.60. The number of carbonyl (C=O) groups is 2. The fraction of sp³-hybridized carbons (Fsp3) is 0.333. The molecule has 1 fully saturated rings. The van der Waals surface area contributed by atoms with Crippen LogP contribution in [0.4, 0.5) is 4.39 Å². The largest absolute Gasteiger partial charge is 0.481 e. The van der Waals surface area contributed by atoms with Crippen molar-refractivity contribution < 1.29 is 18.7 Å². The van der Waals surface area contributed by atoms with E-state index in [0.29, 0.717) is 22.0 Å². The third-order valence-corrected chi connectivity index (χ3v) is 7.35. The zero-order chi connectivity index (χ0) is 26.9. The van der Waals surface area contributed by atoms with E-state index in [1.165, 1.54) is 17.0 Å². The van der Waals surface area contributed by atoms with Crippen LogP contribution >= 0.6 is 23.2 Å². The van der Waals surface area contributed by atoms with E-state index in [9.17, 15) is 14.0 Å². The summed E-state index contributed by atoms with van der Waals surface area (Å²) in [5, 5.41) is 4.03. The van der Waals surface area contributed by atoms with Gasteiger partial charge in [0.25, 0.3) is 5.91 Å². The predicted molar refractivity (Wildman–Crippen MR) is 148 cm³/mol. The fourth-order valence-electron chi connectivity index (χ4n) is 4.72. The van der Waals surface area contributed by atoms with Gasteiger partial charge in [-0.1, -0.05) is 91.0 Å². The van der Waals surface area contributed by atoms with Crippen LogP contribution in [0.3, 0.4) is 0 Å². The van der Waals surface area contributed by atoms with Crippen molar-refractivity contribution in [1.29, 1.82) is 0 Å². The molecule has 5 nitrogen and oxygen atoms in total. The lowest BCUT2D eigenvalue weighted by molar-refractivity contribution is -0.143. The van der Waals surface area contributed by atoms with Gasteiger partial charge in [0.05, 0.1) is 0 Å². The minimum absolute atomic E-state index is 0.0309. The second-order valence-corrected chi connectivity index (χ2v) is 10.4. The third-order valence-electron chi connectivity index (χ3n) is 6.77. The summed E-state index contributed by atoms with van der Waals surface area (Å²) in [6.07, 6.45) is 5.42. The summed E-state index contributed by atoms with van der Waals surface area (Å²) in [5.74, 6) is -1.29. The lowest BCUT2D eigenvalue weighted by Crippen LogP contribution is -2.53. The zero-order valence-corrected chi connectivity index (χ0v) is 22.6. The first-order chi connectivity index (χ1) is 18.4. The van der Waals surface area contributed by atoms with Crippen molar-refractivity contribution in [2.45, 2.75) is 57.2 Å². The molecule has 0 saturated heterocycles. The second-order valence-electron chi connectivity index (χ2n) is 9.53. The van der Waals surface area contributed by atoms with Crippen LogP contribution in [0.2, 0.25) is 10.0 Å². The maximum Gasteiger partial charge on any atom is 0.261 e. The van der Waals surface area contributed by atoms with E-state index in [-0.39, 0.29) is 24.2 Å². The van der Waals surface area contributed by atoms with Gasteiger partial charge in [-0.3, -0.25) is 9.59 Å². The van der Waals surface area contributed by atoms with Crippen molar-refractivity contribution in [3.63, 3.8) is 0 Å². The molecule has 3 aromatic rings. The highest BCUT2D eigenvalue weighted by molar-refractivity contribution is 6.35. The van der Waals surface area contributed by atoms with Gasteiger partial charge in [-0.25, -0.2) is 4.39 Å². The van der Waals surface area contributed by atoms with Crippen LogP contribution in [-0.2, 0) is 22.6 Å². The monoisotopic (exact) mass is 556 g/mol.